The predicted octanol–water partition coefficient (Wildman–Crippen LogP) is 0.785. The molecule has 0 aromatic heterocycles. The van der Waals surface area contributed by atoms with Crippen molar-refractivity contribution in [3.05, 3.63) is 0 Å². The molecule has 2 aliphatic carbocycles. The van der Waals surface area contributed by atoms with Crippen LogP contribution in [0, 0.1) is 11.8 Å². The van der Waals surface area contributed by atoms with Gasteiger partial charge >= 0.3 is 0 Å². The molecule has 1 heterocycles. The van der Waals surface area contributed by atoms with Gasteiger partial charge < -0.3 is 5.11 Å². The van der Waals surface area contributed by atoms with Gasteiger partial charge in [-0.05, 0) is 31.1 Å². The minimum absolute atomic E-state index is 0.314. The summed E-state index contributed by atoms with van der Waals surface area (Å²) < 4.78 is 0. The molecule has 92 valence electrons. The van der Waals surface area contributed by atoms with E-state index in [4.69, 9.17) is 5.11 Å². The van der Waals surface area contributed by atoms with E-state index < -0.39 is 0 Å². The lowest BCUT2D eigenvalue weighted by Crippen LogP contribution is -2.52. The second-order valence-electron chi connectivity index (χ2n) is 5.84. The average Bonchev–Trinajstić information content (AvgIpc) is 2.92. The molecular weight excluding hydrogens is 200 g/mol. The Bertz CT molecular complexity index is 238. The van der Waals surface area contributed by atoms with E-state index in [-0.39, 0.29) is 0 Å². The van der Waals surface area contributed by atoms with Crippen molar-refractivity contribution >= 4 is 0 Å². The summed E-state index contributed by atoms with van der Waals surface area (Å²) >= 11 is 0. The number of fused-ring (bicyclic) bond motifs is 2. The van der Waals surface area contributed by atoms with Crippen molar-refractivity contribution in [2.75, 3.05) is 39.3 Å². The van der Waals surface area contributed by atoms with Gasteiger partial charge in [-0.3, -0.25) is 9.80 Å². The average molecular weight is 224 g/mol. The Kier molecular flexibility index (Phi) is 3.18. The van der Waals surface area contributed by atoms with Crippen molar-refractivity contribution < 1.29 is 5.11 Å². The van der Waals surface area contributed by atoms with E-state index in [1.54, 1.807) is 0 Å². The minimum Gasteiger partial charge on any atom is -0.395 e. The fourth-order valence-corrected chi connectivity index (χ4v) is 4.12. The SMILES string of the molecule is OCCN1CCN([C@@H]2C[C@H]3CC[C@H]2C3)CC1. The molecule has 3 aliphatic rings. The zero-order valence-corrected chi connectivity index (χ0v) is 10.1. The normalized spacial score (nSPS) is 40.7. The number of nitrogens with zero attached hydrogens (tertiary/aromatic N) is 2. The third-order valence-electron chi connectivity index (χ3n) is 4.99. The first-order chi connectivity index (χ1) is 7.86. The van der Waals surface area contributed by atoms with Crippen molar-refractivity contribution in [3.63, 3.8) is 0 Å². The maximum absolute atomic E-state index is 8.93. The number of aliphatic hydroxyl groups is 1. The molecule has 0 spiro atoms. The van der Waals surface area contributed by atoms with E-state index in [2.05, 4.69) is 9.80 Å². The molecule has 3 heteroatoms. The first-order valence-electron chi connectivity index (χ1n) is 6.94. The van der Waals surface area contributed by atoms with Gasteiger partial charge in [-0.1, -0.05) is 6.42 Å². The van der Waals surface area contributed by atoms with Gasteiger partial charge in [0.1, 0.15) is 0 Å². The first-order valence-corrected chi connectivity index (χ1v) is 6.94. The molecule has 3 fully saturated rings. The van der Waals surface area contributed by atoms with Crippen LogP contribution in [-0.4, -0.2) is 60.3 Å². The number of piperazine rings is 1. The topological polar surface area (TPSA) is 26.7 Å². The lowest BCUT2D eigenvalue weighted by molar-refractivity contribution is 0.0630. The van der Waals surface area contributed by atoms with Crippen LogP contribution in [0.3, 0.4) is 0 Å². The summed E-state index contributed by atoms with van der Waals surface area (Å²) in [6.07, 6.45) is 5.99. The zero-order chi connectivity index (χ0) is 11.0. The predicted molar refractivity (Wildman–Crippen MR) is 64.3 cm³/mol. The lowest BCUT2D eigenvalue weighted by Gasteiger charge is -2.40. The van der Waals surface area contributed by atoms with Crippen molar-refractivity contribution in [3.8, 4) is 0 Å². The Morgan fingerprint density at radius 3 is 2.38 bits per heavy atom. The van der Waals surface area contributed by atoms with E-state index >= 15 is 0 Å². The van der Waals surface area contributed by atoms with Crippen LogP contribution in [0.1, 0.15) is 25.7 Å². The monoisotopic (exact) mass is 224 g/mol. The molecule has 2 bridgehead atoms. The maximum Gasteiger partial charge on any atom is 0.0558 e. The van der Waals surface area contributed by atoms with Crippen LogP contribution in [0.15, 0.2) is 0 Å². The van der Waals surface area contributed by atoms with Gasteiger partial charge in [0.15, 0.2) is 0 Å². The molecule has 16 heavy (non-hydrogen) atoms. The van der Waals surface area contributed by atoms with Crippen molar-refractivity contribution in [1.82, 2.24) is 9.80 Å². The molecule has 1 aliphatic heterocycles. The molecule has 0 unspecified atom stereocenters. The quantitative estimate of drug-likeness (QED) is 0.767. The largest absolute Gasteiger partial charge is 0.395 e. The number of hydrogen-bond donors (Lipinski definition) is 1. The highest BCUT2D eigenvalue weighted by molar-refractivity contribution is 4.96. The van der Waals surface area contributed by atoms with Crippen LogP contribution < -0.4 is 0 Å². The van der Waals surface area contributed by atoms with Crippen LogP contribution >= 0.6 is 0 Å². The first kappa shape index (κ1) is 11.0. The number of aliphatic hydroxyl groups excluding tert-OH is 1. The van der Waals surface area contributed by atoms with E-state index in [1.165, 1.54) is 38.8 Å². The number of hydrogen-bond acceptors (Lipinski definition) is 3. The standard InChI is InChI=1S/C13H24N2O/c16-8-7-14-3-5-15(6-4-14)13-10-11-1-2-12(13)9-11/h11-13,16H,1-10H2/t11-,12-,13+/m0/s1. The molecule has 2 saturated carbocycles. The van der Waals surface area contributed by atoms with Gasteiger partial charge in [-0.25, -0.2) is 0 Å². The van der Waals surface area contributed by atoms with Crippen LogP contribution in [0.25, 0.3) is 0 Å². The van der Waals surface area contributed by atoms with Crippen molar-refractivity contribution in [2.24, 2.45) is 11.8 Å². The molecule has 3 atom stereocenters. The highest BCUT2D eigenvalue weighted by Gasteiger charge is 2.42. The van der Waals surface area contributed by atoms with E-state index in [0.717, 1.165) is 37.5 Å². The van der Waals surface area contributed by atoms with Gasteiger partial charge in [0.2, 0.25) is 0 Å². The zero-order valence-electron chi connectivity index (χ0n) is 10.1. The molecule has 1 saturated heterocycles. The summed E-state index contributed by atoms with van der Waals surface area (Å²) in [6.45, 7) is 5.96. The summed E-state index contributed by atoms with van der Waals surface area (Å²) in [4.78, 5) is 5.13. The molecule has 1 N–H and O–H groups in total. The Morgan fingerprint density at radius 1 is 1.00 bits per heavy atom. The Hall–Kier alpha value is -0.120. The second kappa shape index (κ2) is 4.63. The number of β-amino-alcohol motifs (C(OH)–C–C–N with tert-alkyl or cyclic N) is 1. The Morgan fingerprint density at radius 2 is 1.81 bits per heavy atom. The Balaban J connectivity index is 1.51. The number of rotatable bonds is 3. The molecule has 0 aromatic carbocycles. The highest BCUT2D eigenvalue weighted by Crippen LogP contribution is 2.46. The molecule has 3 nitrogen and oxygen atoms in total. The molecule has 0 amide bonds. The summed E-state index contributed by atoms with van der Waals surface area (Å²) in [6, 6.07) is 0.912. The fraction of sp³-hybridized carbons (Fsp3) is 1.00. The van der Waals surface area contributed by atoms with Crippen molar-refractivity contribution in [1.29, 1.82) is 0 Å². The molecule has 3 rings (SSSR count). The third-order valence-corrected chi connectivity index (χ3v) is 4.99. The fourth-order valence-electron chi connectivity index (χ4n) is 4.12. The van der Waals surface area contributed by atoms with Crippen LogP contribution in [0.2, 0.25) is 0 Å². The van der Waals surface area contributed by atoms with Gasteiger partial charge in [0.25, 0.3) is 0 Å². The smallest absolute Gasteiger partial charge is 0.0558 e. The van der Waals surface area contributed by atoms with Crippen LogP contribution in [0.4, 0.5) is 0 Å². The lowest BCUT2D eigenvalue weighted by atomic mass is 9.93. The third kappa shape index (κ3) is 2.01. The molecule has 0 radical (unpaired) electrons. The Labute approximate surface area is 98.4 Å². The highest BCUT2D eigenvalue weighted by atomic mass is 16.3. The maximum atomic E-state index is 8.93. The van der Waals surface area contributed by atoms with Gasteiger partial charge in [0.05, 0.1) is 6.61 Å². The summed E-state index contributed by atoms with van der Waals surface area (Å²) in [7, 11) is 0. The summed E-state index contributed by atoms with van der Waals surface area (Å²) in [5.74, 6) is 2.08. The molecular formula is C13H24N2O. The van der Waals surface area contributed by atoms with Crippen LogP contribution in [-0.2, 0) is 0 Å². The van der Waals surface area contributed by atoms with E-state index in [1.807, 2.05) is 0 Å². The van der Waals surface area contributed by atoms with Crippen LogP contribution in [0.5, 0.6) is 0 Å². The van der Waals surface area contributed by atoms with Gasteiger partial charge in [0, 0.05) is 38.8 Å². The molecule has 0 aromatic rings. The summed E-state index contributed by atoms with van der Waals surface area (Å²) in [5, 5.41) is 8.93. The summed E-state index contributed by atoms with van der Waals surface area (Å²) in [5.41, 5.74) is 0. The van der Waals surface area contributed by atoms with E-state index in [0.29, 0.717) is 6.61 Å². The van der Waals surface area contributed by atoms with E-state index in [9.17, 15) is 0 Å². The minimum atomic E-state index is 0.314. The van der Waals surface area contributed by atoms with Gasteiger partial charge in [-0.15, -0.1) is 0 Å². The second-order valence-corrected chi connectivity index (χ2v) is 5.84. The van der Waals surface area contributed by atoms with Crippen molar-refractivity contribution in [2.45, 2.75) is 31.7 Å². The van der Waals surface area contributed by atoms with Gasteiger partial charge in [-0.2, -0.15) is 0 Å².